The largest absolute Gasteiger partial charge is 0.263 e. The van der Waals surface area contributed by atoms with Crippen LogP contribution in [0.25, 0.3) is 0 Å². The molecule has 12 heavy (non-hydrogen) atoms. The number of hydrogen-bond acceptors (Lipinski definition) is 1. The second kappa shape index (κ2) is 2.63. The molecule has 1 aliphatic carbocycles. The fourth-order valence-electron chi connectivity index (χ4n) is 1.29. The third-order valence-electron chi connectivity index (χ3n) is 2.21. The Bertz CT molecular complexity index is 360. The Labute approximate surface area is 73.4 Å². The van der Waals surface area contributed by atoms with Crippen LogP contribution in [-0.4, -0.2) is 15.3 Å². The van der Waals surface area contributed by atoms with Crippen LogP contribution >= 0.6 is 0 Å². The first-order chi connectivity index (χ1) is 5.71. The van der Waals surface area contributed by atoms with Gasteiger partial charge in [0.25, 0.3) is 0 Å². The van der Waals surface area contributed by atoms with E-state index < -0.39 is 9.52 Å². The average molecular weight is 180 g/mol. The van der Waals surface area contributed by atoms with E-state index in [1.54, 1.807) is 0 Å². The van der Waals surface area contributed by atoms with Crippen molar-refractivity contribution in [2.24, 2.45) is 0 Å². The van der Waals surface area contributed by atoms with Crippen LogP contribution in [0, 0.1) is 0 Å². The molecule has 1 nitrogen and oxygen atoms in total. The Balaban J connectivity index is 2.42. The highest BCUT2D eigenvalue weighted by atomic mass is 32.2. The molecule has 2 rings (SSSR count). The van der Waals surface area contributed by atoms with Gasteiger partial charge in [-0.1, -0.05) is 18.2 Å². The standard InChI is InChI=1S/C10H12OS/c1-12(11,10-7-8-10)9-5-3-2-4-6-9/h2-6,10H,1,7-8H2. The van der Waals surface area contributed by atoms with E-state index in [4.69, 9.17) is 0 Å². The van der Waals surface area contributed by atoms with E-state index in [-0.39, 0.29) is 0 Å². The Morgan fingerprint density at radius 2 is 1.83 bits per heavy atom. The molecule has 2 heteroatoms. The fraction of sp³-hybridized carbons (Fsp3) is 0.300. The minimum atomic E-state index is -1.97. The van der Waals surface area contributed by atoms with Crippen molar-refractivity contribution in [3.63, 3.8) is 0 Å². The van der Waals surface area contributed by atoms with Gasteiger partial charge in [0.05, 0.1) is 0 Å². The van der Waals surface area contributed by atoms with Crippen LogP contribution in [0.3, 0.4) is 0 Å². The molecule has 0 saturated heterocycles. The molecule has 1 fully saturated rings. The van der Waals surface area contributed by atoms with Gasteiger partial charge in [-0.25, -0.2) is 0 Å². The normalized spacial score (nSPS) is 21.7. The molecule has 1 aromatic rings. The maximum Gasteiger partial charge on any atom is 0.0316 e. The van der Waals surface area contributed by atoms with Gasteiger partial charge in [0.1, 0.15) is 0 Å². The van der Waals surface area contributed by atoms with Crippen molar-refractivity contribution < 1.29 is 4.21 Å². The smallest absolute Gasteiger partial charge is 0.0316 e. The number of rotatable bonds is 2. The summed E-state index contributed by atoms with van der Waals surface area (Å²) in [6.07, 6.45) is 2.16. The lowest BCUT2D eigenvalue weighted by atomic mass is 10.4. The summed E-state index contributed by atoms with van der Waals surface area (Å²) >= 11 is 0. The maximum absolute atomic E-state index is 12.0. The summed E-state index contributed by atoms with van der Waals surface area (Å²) in [5.41, 5.74) is 0. The van der Waals surface area contributed by atoms with Crippen molar-refractivity contribution in [3.8, 4) is 0 Å². The van der Waals surface area contributed by atoms with Gasteiger partial charge in [0, 0.05) is 10.1 Å². The lowest BCUT2D eigenvalue weighted by molar-refractivity contribution is 0.680. The Morgan fingerprint density at radius 3 is 2.33 bits per heavy atom. The minimum Gasteiger partial charge on any atom is -0.263 e. The summed E-state index contributed by atoms with van der Waals surface area (Å²) in [6, 6.07) is 9.60. The third-order valence-corrected chi connectivity index (χ3v) is 4.82. The highest BCUT2D eigenvalue weighted by molar-refractivity contribution is 8.01. The van der Waals surface area contributed by atoms with Gasteiger partial charge < -0.3 is 0 Å². The molecule has 1 saturated carbocycles. The van der Waals surface area contributed by atoms with Crippen molar-refractivity contribution in [3.05, 3.63) is 30.3 Å². The molecule has 0 heterocycles. The first-order valence-corrected chi connectivity index (χ1v) is 5.91. The molecule has 0 aromatic heterocycles. The predicted octanol–water partition coefficient (Wildman–Crippen LogP) is 1.92. The van der Waals surface area contributed by atoms with Crippen LogP contribution in [0.1, 0.15) is 12.8 Å². The zero-order chi connectivity index (χ0) is 8.60. The van der Waals surface area contributed by atoms with Gasteiger partial charge in [-0.15, -0.1) is 0 Å². The molecule has 1 atom stereocenters. The highest BCUT2D eigenvalue weighted by Crippen LogP contribution is 2.33. The van der Waals surface area contributed by atoms with Crippen LogP contribution in [0.5, 0.6) is 0 Å². The van der Waals surface area contributed by atoms with E-state index in [2.05, 4.69) is 5.87 Å². The molecular weight excluding hydrogens is 168 g/mol. The lowest BCUT2D eigenvalue weighted by Gasteiger charge is -2.06. The van der Waals surface area contributed by atoms with Gasteiger partial charge in [-0.05, 0) is 40.4 Å². The maximum atomic E-state index is 12.0. The lowest BCUT2D eigenvalue weighted by Crippen LogP contribution is -2.05. The van der Waals surface area contributed by atoms with Gasteiger partial charge in [0.15, 0.2) is 0 Å². The number of hydrogen-bond donors (Lipinski definition) is 0. The van der Waals surface area contributed by atoms with Crippen molar-refractivity contribution in [1.29, 1.82) is 0 Å². The topological polar surface area (TPSA) is 17.1 Å². The van der Waals surface area contributed by atoms with E-state index >= 15 is 0 Å². The summed E-state index contributed by atoms with van der Waals surface area (Å²) in [6.45, 7) is 0. The molecule has 0 N–H and O–H groups in total. The first-order valence-electron chi connectivity index (χ1n) is 4.12. The van der Waals surface area contributed by atoms with E-state index in [1.165, 1.54) is 0 Å². The zero-order valence-electron chi connectivity index (χ0n) is 6.90. The average Bonchev–Trinajstić information content (AvgIpc) is 2.88. The van der Waals surface area contributed by atoms with E-state index in [0.717, 1.165) is 17.7 Å². The monoisotopic (exact) mass is 180 g/mol. The van der Waals surface area contributed by atoms with Crippen LogP contribution in [0.2, 0.25) is 0 Å². The van der Waals surface area contributed by atoms with Crippen LogP contribution in [0.4, 0.5) is 0 Å². The van der Waals surface area contributed by atoms with E-state index in [0.29, 0.717) is 5.25 Å². The van der Waals surface area contributed by atoms with E-state index in [9.17, 15) is 4.21 Å². The van der Waals surface area contributed by atoms with Crippen LogP contribution in [-0.2, 0) is 9.52 Å². The van der Waals surface area contributed by atoms with Gasteiger partial charge >= 0.3 is 0 Å². The number of benzene rings is 1. The van der Waals surface area contributed by atoms with Gasteiger partial charge in [0.2, 0.25) is 0 Å². The summed E-state index contributed by atoms with van der Waals surface area (Å²) in [5.74, 6) is 3.83. The molecule has 1 aliphatic rings. The Hall–Kier alpha value is -0.760. The molecule has 64 valence electrons. The molecule has 0 aliphatic heterocycles. The van der Waals surface area contributed by atoms with Crippen LogP contribution < -0.4 is 0 Å². The molecule has 0 spiro atoms. The summed E-state index contributed by atoms with van der Waals surface area (Å²) in [7, 11) is -1.97. The fourth-order valence-corrected chi connectivity index (χ4v) is 3.19. The van der Waals surface area contributed by atoms with Crippen molar-refractivity contribution in [1.82, 2.24) is 0 Å². The van der Waals surface area contributed by atoms with Crippen LogP contribution in [0.15, 0.2) is 35.2 Å². The van der Waals surface area contributed by atoms with Gasteiger partial charge in [-0.3, -0.25) is 4.21 Å². The van der Waals surface area contributed by atoms with Gasteiger partial charge in [-0.2, -0.15) is 0 Å². The molecule has 0 bridgehead atoms. The first kappa shape index (κ1) is 7.87. The quantitative estimate of drug-likeness (QED) is 0.635. The Morgan fingerprint density at radius 1 is 1.25 bits per heavy atom. The van der Waals surface area contributed by atoms with Crippen molar-refractivity contribution in [2.45, 2.75) is 23.0 Å². The van der Waals surface area contributed by atoms with E-state index in [1.807, 2.05) is 30.3 Å². The van der Waals surface area contributed by atoms with Crippen molar-refractivity contribution >= 4 is 15.4 Å². The molecule has 1 aromatic carbocycles. The highest BCUT2D eigenvalue weighted by Gasteiger charge is 2.31. The summed E-state index contributed by atoms with van der Waals surface area (Å²) in [4.78, 5) is 0.910. The molecule has 0 amide bonds. The van der Waals surface area contributed by atoms with Crippen molar-refractivity contribution in [2.75, 3.05) is 0 Å². The second-order valence-corrected chi connectivity index (χ2v) is 5.83. The zero-order valence-corrected chi connectivity index (χ0v) is 7.72. The SMILES string of the molecule is C=S(=O)(c1ccccc1)C1CC1. The summed E-state index contributed by atoms with van der Waals surface area (Å²) in [5, 5.41) is 0.347. The third kappa shape index (κ3) is 1.27. The second-order valence-electron chi connectivity index (χ2n) is 3.24. The predicted molar refractivity (Wildman–Crippen MR) is 53.0 cm³/mol. The summed E-state index contributed by atoms with van der Waals surface area (Å²) < 4.78 is 12.0. The molecular formula is C10H12OS. The molecule has 0 radical (unpaired) electrons. The Kier molecular flexibility index (Phi) is 1.72. The minimum absolute atomic E-state index is 0.347. The molecule has 1 unspecified atom stereocenters.